The van der Waals surface area contributed by atoms with Crippen LogP contribution in [0.25, 0.3) is 0 Å². The number of aromatic nitrogens is 2. The maximum atomic E-state index is 12.6. The normalized spacial score (nSPS) is 19.7. The van der Waals surface area contributed by atoms with Gasteiger partial charge in [-0.3, -0.25) is 4.79 Å². The third kappa shape index (κ3) is 4.07. The number of likely N-dealkylation sites (tertiary alicyclic amines) is 1. The van der Waals surface area contributed by atoms with Crippen LogP contribution in [0.4, 0.5) is 0 Å². The molecule has 0 spiro atoms. The van der Waals surface area contributed by atoms with E-state index in [4.69, 9.17) is 9.47 Å². The zero-order chi connectivity index (χ0) is 18.6. The van der Waals surface area contributed by atoms with Crippen LogP contribution in [0, 0.1) is 13.8 Å². The standard InChI is InChI=1S/C20H27N3O3/c1-16-6-4-5-7-18(16)26-15-20(25-3)9-12-23(14-20)19(24)8-11-22-13-10-21-17(22)2/h4-7,10,13H,8-9,11-12,14-15H2,1-3H3. The van der Waals surface area contributed by atoms with Crippen molar-refractivity contribution in [1.29, 1.82) is 0 Å². The second-order valence-corrected chi connectivity index (χ2v) is 6.92. The molecule has 2 heterocycles. The van der Waals surface area contributed by atoms with Crippen LogP contribution >= 0.6 is 0 Å². The average molecular weight is 357 g/mol. The van der Waals surface area contributed by atoms with E-state index < -0.39 is 5.60 Å². The number of benzene rings is 1. The van der Waals surface area contributed by atoms with Gasteiger partial charge in [0.15, 0.2) is 0 Å². The molecule has 6 nitrogen and oxygen atoms in total. The van der Waals surface area contributed by atoms with Crippen molar-refractivity contribution in [2.24, 2.45) is 0 Å². The van der Waals surface area contributed by atoms with Gasteiger partial charge in [-0.15, -0.1) is 0 Å². The molecule has 0 aliphatic carbocycles. The molecule has 1 unspecified atom stereocenters. The van der Waals surface area contributed by atoms with Gasteiger partial charge >= 0.3 is 0 Å². The summed E-state index contributed by atoms with van der Waals surface area (Å²) in [5.74, 6) is 1.94. The van der Waals surface area contributed by atoms with Gasteiger partial charge in [-0.2, -0.15) is 0 Å². The van der Waals surface area contributed by atoms with Gasteiger partial charge in [0.05, 0.1) is 6.54 Å². The summed E-state index contributed by atoms with van der Waals surface area (Å²) in [4.78, 5) is 18.7. The summed E-state index contributed by atoms with van der Waals surface area (Å²) < 4.78 is 13.8. The smallest absolute Gasteiger partial charge is 0.224 e. The largest absolute Gasteiger partial charge is 0.490 e. The van der Waals surface area contributed by atoms with Crippen molar-refractivity contribution in [1.82, 2.24) is 14.5 Å². The van der Waals surface area contributed by atoms with Crippen molar-refractivity contribution in [2.45, 2.75) is 38.8 Å². The third-order valence-corrected chi connectivity index (χ3v) is 5.18. The van der Waals surface area contributed by atoms with E-state index in [1.54, 1.807) is 13.3 Å². The lowest BCUT2D eigenvalue weighted by Gasteiger charge is -2.28. The highest BCUT2D eigenvalue weighted by Crippen LogP contribution is 2.27. The van der Waals surface area contributed by atoms with E-state index in [0.29, 0.717) is 32.7 Å². The number of carbonyl (C=O) groups is 1. The molecular formula is C20H27N3O3. The lowest BCUT2D eigenvalue weighted by molar-refractivity contribution is -0.132. The summed E-state index contributed by atoms with van der Waals surface area (Å²) in [5, 5.41) is 0. The van der Waals surface area contributed by atoms with Crippen molar-refractivity contribution in [2.75, 3.05) is 26.8 Å². The van der Waals surface area contributed by atoms with Crippen LogP contribution in [-0.4, -0.2) is 52.8 Å². The number of para-hydroxylation sites is 1. The number of hydrogen-bond acceptors (Lipinski definition) is 4. The predicted molar refractivity (Wildman–Crippen MR) is 99.2 cm³/mol. The number of imidazole rings is 1. The molecule has 3 rings (SSSR count). The first-order valence-electron chi connectivity index (χ1n) is 9.02. The Balaban J connectivity index is 1.55. The van der Waals surface area contributed by atoms with Crippen LogP contribution in [0.3, 0.4) is 0 Å². The molecule has 1 amide bonds. The van der Waals surface area contributed by atoms with Crippen molar-refractivity contribution >= 4 is 5.91 Å². The molecule has 1 aliphatic rings. The molecule has 1 aromatic carbocycles. The second-order valence-electron chi connectivity index (χ2n) is 6.92. The fourth-order valence-electron chi connectivity index (χ4n) is 3.34. The number of aryl methyl sites for hydroxylation is 3. The first-order chi connectivity index (χ1) is 12.5. The Kier molecular flexibility index (Phi) is 5.61. The number of amides is 1. The lowest BCUT2D eigenvalue weighted by atomic mass is 10.0. The molecule has 1 fully saturated rings. The van der Waals surface area contributed by atoms with Crippen molar-refractivity contribution in [3.8, 4) is 5.75 Å². The van der Waals surface area contributed by atoms with Crippen molar-refractivity contribution < 1.29 is 14.3 Å². The molecule has 0 bridgehead atoms. The highest BCUT2D eigenvalue weighted by Gasteiger charge is 2.41. The quantitative estimate of drug-likeness (QED) is 0.764. The first-order valence-corrected chi connectivity index (χ1v) is 9.02. The highest BCUT2D eigenvalue weighted by molar-refractivity contribution is 5.76. The number of rotatable bonds is 7. The van der Waals surface area contributed by atoms with Gasteiger partial charge in [-0.1, -0.05) is 18.2 Å². The fraction of sp³-hybridized carbons (Fsp3) is 0.500. The molecule has 1 saturated heterocycles. The number of ether oxygens (including phenoxy) is 2. The lowest BCUT2D eigenvalue weighted by Crippen LogP contribution is -2.42. The minimum atomic E-state index is -0.442. The minimum Gasteiger partial charge on any atom is -0.490 e. The SMILES string of the molecule is COC1(COc2ccccc2C)CCN(C(=O)CCn2ccnc2C)C1. The Labute approximate surface area is 154 Å². The third-order valence-electron chi connectivity index (χ3n) is 5.18. The molecule has 1 aromatic heterocycles. The van der Waals surface area contributed by atoms with Gasteiger partial charge in [0, 0.05) is 39.0 Å². The fourth-order valence-corrected chi connectivity index (χ4v) is 3.34. The highest BCUT2D eigenvalue weighted by atomic mass is 16.5. The maximum Gasteiger partial charge on any atom is 0.224 e. The summed E-state index contributed by atoms with van der Waals surface area (Å²) in [5.41, 5.74) is 0.656. The number of methoxy groups -OCH3 is 1. The Morgan fingerprint density at radius 1 is 1.31 bits per heavy atom. The second kappa shape index (κ2) is 7.91. The summed E-state index contributed by atoms with van der Waals surface area (Å²) in [6, 6.07) is 7.94. The van der Waals surface area contributed by atoms with Crippen LogP contribution in [0.1, 0.15) is 24.2 Å². The van der Waals surface area contributed by atoms with Gasteiger partial charge < -0.3 is 18.9 Å². The molecule has 0 radical (unpaired) electrons. The van der Waals surface area contributed by atoms with Crippen LogP contribution in [0.2, 0.25) is 0 Å². The summed E-state index contributed by atoms with van der Waals surface area (Å²) in [6.45, 7) is 6.33. The van der Waals surface area contributed by atoms with E-state index in [0.717, 1.165) is 23.6 Å². The van der Waals surface area contributed by atoms with Gasteiger partial charge in [-0.05, 0) is 31.9 Å². The molecule has 140 valence electrons. The molecule has 0 saturated carbocycles. The Morgan fingerprint density at radius 3 is 2.81 bits per heavy atom. The molecule has 2 aromatic rings. The number of carbonyl (C=O) groups excluding carboxylic acids is 1. The predicted octanol–water partition coefficient (Wildman–Crippen LogP) is 2.59. The average Bonchev–Trinajstić information content (AvgIpc) is 3.26. The van der Waals surface area contributed by atoms with E-state index in [1.807, 2.05) is 53.8 Å². The van der Waals surface area contributed by atoms with Crippen LogP contribution in [0.15, 0.2) is 36.7 Å². The molecule has 1 atom stereocenters. The van der Waals surface area contributed by atoms with Crippen LogP contribution < -0.4 is 4.74 Å². The molecule has 1 aliphatic heterocycles. The van der Waals surface area contributed by atoms with Gasteiger partial charge in [0.2, 0.25) is 5.91 Å². The monoisotopic (exact) mass is 357 g/mol. The Hall–Kier alpha value is -2.34. The molecular weight excluding hydrogens is 330 g/mol. The first kappa shape index (κ1) is 18.5. The summed E-state index contributed by atoms with van der Waals surface area (Å²) in [6.07, 6.45) is 4.91. The van der Waals surface area contributed by atoms with E-state index in [9.17, 15) is 4.79 Å². The summed E-state index contributed by atoms with van der Waals surface area (Å²) >= 11 is 0. The zero-order valence-corrected chi connectivity index (χ0v) is 15.8. The van der Waals surface area contributed by atoms with Crippen molar-refractivity contribution in [3.63, 3.8) is 0 Å². The maximum absolute atomic E-state index is 12.6. The molecule has 6 heteroatoms. The van der Waals surface area contributed by atoms with E-state index in [1.165, 1.54) is 0 Å². The van der Waals surface area contributed by atoms with Crippen molar-refractivity contribution in [3.05, 3.63) is 48.0 Å². The topological polar surface area (TPSA) is 56.6 Å². The number of hydrogen-bond donors (Lipinski definition) is 0. The molecule has 26 heavy (non-hydrogen) atoms. The van der Waals surface area contributed by atoms with Gasteiger partial charge in [0.25, 0.3) is 0 Å². The molecule has 0 N–H and O–H groups in total. The van der Waals surface area contributed by atoms with Crippen LogP contribution in [-0.2, 0) is 16.1 Å². The zero-order valence-electron chi connectivity index (χ0n) is 15.8. The minimum absolute atomic E-state index is 0.146. The van der Waals surface area contributed by atoms with E-state index >= 15 is 0 Å². The summed E-state index contributed by atoms with van der Waals surface area (Å²) in [7, 11) is 1.70. The Morgan fingerprint density at radius 2 is 2.12 bits per heavy atom. The van der Waals surface area contributed by atoms with Crippen LogP contribution in [0.5, 0.6) is 5.75 Å². The number of nitrogens with zero attached hydrogens (tertiary/aromatic N) is 3. The van der Waals surface area contributed by atoms with E-state index in [-0.39, 0.29) is 5.91 Å². The van der Waals surface area contributed by atoms with Gasteiger partial charge in [0.1, 0.15) is 23.8 Å². The van der Waals surface area contributed by atoms with Gasteiger partial charge in [-0.25, -0.2) is 4.98 Å². The van der Waals surface area contributed by atoms with E-state index in [2.05, 4.69) is 4.98 Å². The Bertz CT molecular complexity index is 758.